The van der Waals surface area contributed by atoms with Gasteiger partial charge in [0.05, 0.1) is 4.90 Å². The molecule has 0 heterocycles. The molecule has 1 aromatic carbocycles. The van der Waals surface area contributed by atoms with Crippen LogP contribution in [0.1, 0.15) is 5.56 Å². The molecule has 0 unspecified atom stereocenters. The Morgan fingerprint density at radius 2 is 1.71 bits per heavy atom. The van der Waals surface area contributed by atoms with E-state index in [-0.39, 0.29) is 12.4 Å². The summed E-state index contributed by atoms with van der Waals surface area (Å²) in [6.45, 7) is 0.754. The highest BCUT2D eigenvalue weighted by molar-refractivity contribution is 7.90. The van der Waals surface area contributed by atoms with Gasteiger partial charge in [-0.05, 0) is 24.7 Å². The summed E-state index contributed by atoms with van der Waals surface area (Å²) in [5.41, 5.74) is 1.08. The Hall–Kier alpha value is -0.580. The molecule has 80 valence electrons. The average Bonchev–Trinajstić information content (AvgIpc) is 2.04. The van der Waals surface area contributed by atoms with E-state index < -0.39 is 9.84 Å². The number of halogens is 1. The van der Waals surface area contributed by atoms with Crippen LogP contribution in [0.5, 0.6) is 0 Å². The van der Waals surface area contributed by atoms with E-state index in [1.54, 1.807) is 12.1 Å². The van der Waals surface area contributed by atoms with Crippen LogP contribution in [0.4, 0.5) is 0 Å². The third kappa shape index (κ3) is 3.65. The molecule has 0 fully saturated rings. The van der Waals surface area contributed by atoms with E-state index in [2.05, 4.69) is 5.32 Å². The molecule has 0 amide bonds. The van der Waals surface area contributed by atoms with Gasteiger partial charge in [0.1, 0.15) is 0 Å². The molecule has 3 nitrogen and oxygen atoms in total. The third-order valence-electron chi connectivity index (χ3n) is 1.73. The van der Waals surface area contributed by atoms with Crippen molar-refractivity contribution >= 4 is 22.2 Å². The standard InChI is InChI=1S/C9H13NO2S.ClH/c1-10-7-8-3-5-9(6-4-8)13(2,11)12;/h3-6,10H,7H2,1-2H3;1H. The second kappa shape index (κ2) is 5.34. The number of hydrogen-bond acceptors (Lipinski definition) is 3. The zero-order valence-corrected chi connectivity index (χ0v) is 9.78. The zero-order valence-electron chi connectivity index (χ0n) is 8.15. The van der Waals surface area contributed by atoms with Gasteiger partial charge >= 0.3 is 0 Å². The van der Waals surface area contributed by atoms with Crippen molar-refractivity contribution in [3.8, 4) is 0 Å². The fourth-order valence-electron chi connectivity index (χ4n) is 1.06. The van der Waals surface area contributed by atoms with Crippen LogP contribution in [0.25, 0.3) is 0 Å². The third-order valence-corrected chi connectivity index (χ3v) is 2.86. The van der Waals surface area contributed by atoms with E-state index in [1.807, 2.05) is 19.2 Å². The van der Waals surface area contributed by atoms with Gasteiger partial charge < -0.3 is 5.32 Å². The van der Waals surface area contributed by atoms with E-state index in [4.69, 9.17) is 0 Å². The van der Waals surface area contributed by atoms with E-state index in [0.29, 0.717) is 4.90 Å². The minimum Gasteiger partial charge on any atom is -0.316 e. The van der Waals surface area contributed by atoms with Crippen molar-refractivity contribution in [1.82, 2.24) is 5.32 Å². The van der Waals surface area contributed by atoms with Crippen LogP contribution in [-0.2, 0) is 16.4 Å². The molecule has 0 saturated carbocycles. The zero-order chi connectivity index (χ0) is 9.90. The van der Waals surface area contributed by atoms with Gasteiger partial charge in [-0.3, -0.25) is 0 Å². The molecule has 0 aliphatic heterocycles. The van der Waals surface area contributed by atoms with E-state index in [9.17, 15) is 8.42 Å². The first-order chi connectivity index (χ1) is 6.04. The first kappa shape index (κ1) is 13.4. The van der Waals surface area contributed by atoms with Gasteiger partial charge in [0.15, 0.2) is 9.84 Å². The SMILES string of the molecule is CNCc1ccc(S(C)(=O)=O)cc1.Cl. The van der Waals surface area contributed by atoms with Crippen LogP contribution in [-0.4, -0.2) is 21.7 Å². The summed E-state index contributed by atoms with van der Waals surface area (Å²) >= 11 is 0. The first-order valence-corrected chi connectivity index (χ1v) is 5.87. The summed E-state index contributed by atoms with van der Waals surface area (Å²) < 4.78 is 22.2. The fraction of sp³-hybridized carbons (Fsp3) is 0.333. The Balaban J connectivity index is 0.00000169. The number of sulfone groups is 1. The molecule has 0 bridgehead atoms. The van der Waals surface area contributed by atoms with Crippen molar-refractivity contribution in [2.75, 3.05) is 13.3 Å². The molecule has 5 heteroatoms. The molecule has 1 aromatic rings. The van der Waals surface area contributed by atoms with Crippen LogP contribution >= 0.6 is 12.4 Å². The number of rotatable bonds is 3. The highest BCUT2D eigenvalue weighted by Gasteiger charge is 2.05. The van der Waals surface area contributed by atoms with Gasteiger partial charge in [-0.2, -0.15) is 0 Å². The molecule has 0 atom stereocenters. The minimum atomic E-state index is -3.05. The lowest BCUT2D eigenvalue weighted by atomic mass is 10.2. The molecular formula is C9H14ClNO2S. The average molecular weight is 236 g/mol. The molecule has 1 rings (SSSR count). The quantitative estimate of drug-likeness (QED) is 0.857. The second-order valence-corrected chi connectivity index (χ2v) is 4.96. The van der Waals surface area contributed by atoms with Gasteiger partial charge in [-0.1, -0.05) is 12.1 Å². The molecule has 0 aromatic heterocycles. The van der Waals surface area contributed by atoms with Crippen LogP contribution in [0, 0.1) is 0 Å². The van der Waals surface area contributed by atoms with Gasteiger partial charge in [0, 0.05) is 12.8 Å². The summed E-state index contributed by atoms with van der Waals surface area (Å²) in [7, 11) is -1.20. The van der Waals surface area contributed by atoms with Crippen LogP contribution in [0.2, 0.25) is 0 Å². The summed E-state index contributed by atoms with van der Waals surface area (Å²) in [4.78, 5) is 0.368. The summed E-state index contributed by atoms with van der Waals surface area (Å²) in [5.74, 6) is 0. The summed E-state index contributed by atoms with van der Waals surface area (Å²) in [6.07, 6.45) is 1.21. The molecular weight excluding hydrogens is 222 g/mol. The monoisotopic (exact) mass is 235 g/mol. The van der Waals surface area contributed by atoms with E-state index in [1.165, 1.54) is 6.26 Å². The maximum atomic E-state index is 11.1. The molecule has 0 radical (unpaired) electrons. The second-order valence-electron chi connectivity index (χ2n) is 2.95. The van der Waals surface area contributed by atoms with Gasteiger partial charge in [0.25, 0.3) is 0 Å². The Bertz CT molecular complexity index is 372. The van der Waals surface area contributed by atoms with Crippen LogP contribution in [0.3, 0.4) is 0 Å². The van der Waals surface area contributed by atoms with Crippen molar-refractivity contribution in [1.29, 1.82) is 0 Å². The number of nitrogens with one attached hydrogen (secondary N) is 1. The lowest BCUT2D eigenvalue weighted by Gasteiger charge is -2.01. The Morgan fingerprint density at radius 3 is 2.07 bits per heavy atom. The minimum absolute atomic E-state index is 0. The van der Waals surface area contributed by atoms with Crippen molar-refractivity contribution < 1.29 is 8.42 Å². The number of benzene rings is 1. The maximum absolute atomic E-state index is 11.1. The van der Waals surface area contributed by atoms with Crippen molar-refractivity contribution in [3.63, 3.8) is 0 Å². The molecule has 0 aliphatic rings. The van der Waals surface area contributed by atoms with Crippen LogP contribution < -0.4 is 5.32 Å². The highest BCUT2D eigenvalue weighted by Crippen LogP contribution is 2.09. The Labute approximate surface area is 90.9 Å². The Kier molecular flexibility index (Phi) is 5.12. The van der Waals surface area contributed by atoms with Crippen LogP contribution in [0.15, 0.2) is 29.2 Å². The largest absolute Gasteiger partial charge is 0.316 e. The van der Waals surface area contributed by atoms with Crippen molar-refractivity contribution in [2.24, 2.45) is 0 Å². The Morgan fingerprint density at radius 1 is 1.21 bits per heavy atom. The highest BCUT2D eigenvalue weighted by atomic mass is 35.5. The maximum Gasteiger partial charge on any atom is 0.175 e. The molecule has 0 aliphatic carbocycles. The summed E-state index contributed by atoms with van der Waals surface area (Å²) in [6, 6.07) is 6.88. The lowest BCUT2D eigenvalue weighted by molar-refractivity contribution is 0.602. The van der Waals surface area contributed by atoms with Gasteiger partial charge in [0.2, 0.25) is 0 Å². The van der Waals surface area contributed by atoms with E-state index in [0.717, 1.165) is 12.1 Å². The molecule has 1 N–H and O–H groups in total. The van der Waals surface area contributed by atoms with Gasteiger partial charge in [-0.25, -0.2) is 8.42 Å². The first-order valence-electron chi connectivity index (χ1n) is 3.97. The topological polar surface area (TPSA) is 46.2 Å². The number of hydrogen-bond donors (Lipinski definition) is 1. The van der Waals surface area contributed by atoms with Crippen molar-refractivity contribution in [3.05, 3.63) is 29.8 Å². The van der Waals surface area contributed by atoms with Gasteiger partial charge in [-0.15, -0.1) is 12.4 Å². The lowest BCUT2D eigenvalue weighted by Crippen LogP contribution is -2.05. The normalized spacial score (nSPS) is 10.7. The molecule has 14 heavy (non-hydrogen) atoms. The fourth-order valence-corrected chi connectivity index (χ4v) is 1.69. The summed E-state index contributed by atoms with van der Waals surface area (Å²) in [5, 5.41) is 2.99. The predicted octanol–water partition coefficient (Wildman–Crippen LogP) is 1.23. The molecule has 0 saturated heterocycles. The smallest absolute Gasteiger partial charge is 0.175 e. The van der Waals surface area contributed by atoms with Crippen molar-refractivity contribution in [2.45, 2.75) is 11.4 Å². The van der Waals surface area contributed by atoms with E-state index >= 15 is 0 Å². The predicted molar refractivity (Wildman–Crippen MR) is 59.6 cm³/mol. The molecule has 0 spiro atoms.